The Bertz CT molecular complexity index is 96.8. The molecule has 0 rings (SSSR count). The van der Waals surface area contributed by atoms with Crippen molar-refractivity contribution in [3.63, 3.8) is 0 Å². The fourth-order valence-electron chi connectivity index (χ4n) is 0. The van der Waals surface area contributed by atoms with Crippen molar-refractivity contribution in [3.05, 3.63) is 0 Å². The van der Waals surface area contributed by atoms with Crippen molar-refractivity contribution < 1.29 is 51.8 Å². The smallest absolute Gasteiger partial charge is 0.418 e. The minimum absolute atomic E-state index is 0. The van der Waals surface area contributed by atoms with Gasteiger partial charge in [-0.05, 0) is 0 Å². The van der Waals surface area contributed by atoms with Crippen molar-refractivity contribution in [2.45, 2.75) is 7.43 Å². The molecule has 0 amide bonds. The number of hydrogen-bond acceptors (Lipinski definition) is 0. The zero-order chi connectivity index (χ0) is 13.5. The molecular formula is CH5B3BrF12-3. The van der Waals surface area contributed by atoms with E-state index in [-0.39, 0.29) is 24.4 Å². The third-order valence-electron chi connectivity index (χ3n) is 0. The van der Waals surface area contributed by atoms with Crippen LogP contribution in [0.3, 0.4) is 0 Å². The summed E-state index contributed by atoms with van der Waals surface area (Å²) in [5.41, 5.74) is 0. The minimum atomic E-state index is -6.00. The maximum absolute atomic E-state index is 9.75. The van der Waals surface area contributed by atoms with Crippen molar-refractivity contribution in [1.29, 1.82) is 0 Å². The van der Waals surface area contributed by atoms with E-state index in [0.29, 0.717) is 0 Å². The lowest BCUT2D eigenvalue weighted by Gasteiger charge is -1.94. The van der Waals surface area contributed by atoms with Gasteiger partial charge in [-0.25, -0.2) is 0 Å². The molecule has 0 unspecified atom stereocenters. The molecule has 0 bridgehead atoms. The Morgan fingerprint density at radius 2 is 0.353 bits per heavy atom. The van der Waals surface area contributed by atoms with Gasteiger partial charge in [0.25, 0.3) is 0 Å². The predicted molar refractivity (Wildman–Crippen MR) is 47.6 cm³/mol. The highest BCUT2D eigenvalue weighted by molar-refractivity contribution is 8.93. The third-order valence-corrected chi connectivity index (χ3v) is 0. The molecule has 0 aromatic heterocycles. The van der Waals surface area contributed by atoms with Gasteiger partial charge in [0.1, 0.15) is 0 Å². The standard InChI is InChI=1S/CH4.3BF4.BrH/c;3*2-1(3,4)5;/h1H4;;;;1H/q;3*-1;. The van der Waals surface area contributed by atoms with Gasteiger partial charge in [-0.3, -0.25) is 0 Å². The van der Waals surface area contributed by atoms with Crippen molar-refractivity contribution >= 4 is 38.7 Å². The Labute approximate surface area is 98.8 Å². The van der Waals surface area contributed by atoms with Crippen LogP contribution in [-0.4, -0.2) is 21.8 Å². The van der Waals surface area contributed by atoms with E-state index >= 15 is 0 Å². The highest BCUT2D eigenvalue weighted by atomic mass is 79.9. The SMILES string of the molecule is Br.C.F[B-](F)(F)F.F[B-](F)(F)F.F[B-](F)(F)F. The lowest BCUT2D eigenvalue weighted by Crippen LogP contribution is -2.02. The second-order valence-electron chi connectivity index (χ2n) is 1.48. The minimum Gasteiger partial charge on any atom is -0.418 e. The van der Waals surface area contributed by atoms with E-state index in [0.717, 1.165) is 0 Å². The summed E-state index contributed by atoms with van der Waals surface area (Å²) in [6.07, 6.45) is 0. The Kier molecular flexibility index (Phi) is 19.4. The second kappa shape index (κ2) is 11.0. The first kappa shape index (κ1) is 30.1. The summed E-state index contributed by atoms with van der Waals surface area (Å²) in [5.74, 6) is 0. The fourth-order valence-corrected chi connectivity index (χ4v) is 0. The van der Waals surface area contributed by atoms with Crippen molar-refractivity contribution in [2.24, 2.45) is 0 Å². The van der Waals surface area contributed by atoms with Crippen LogP contribution in [0.15, 0.2) is 0 Å². The summed E-state index contributed by atoms with van der Waals surface area (Å²) < 4.78 is 117. The highest BCUT2D eigenvalue weighted by Gasteiger charge is 2.21. The topological polar surface area (TPSA) is 0 Å². The van der Waals surface area contributed by atoms with Crippen molar-refractivity contribution in [1.82, 2.24) is 0 Å². The molecule has 0 atom stereocenters. The lowest BCUT2D eigenvalue weighted by molar-refractivity contribution is 0.366. The van der Waals surface area contributed by atoms with Gasteiger partial charge in [0, 0.05) is 0 Å². The molecule has 0 aliphatic heterocycles. The maximum Gasteiger partial charge on any atom is 0.673 e. The van der Waals surface area contributed by atoms with Crippen LogP contribution in [0.25, 0.3) is 0 Å². The van der Waals surface area contributed by atoms with Gasteiger partial charge >= 0.3 is 21.8 Å². The molecule has 0 aromatic carbocycles. The molecule has 112 valence electrons. The number of rotatable bonds is 0. The molecule has 0 aliphatic carbocycles. The van der Waals surface area contributed by atoms with Crippen LogP contribution >= 0.6 is 17.0 Å². The molecule has 0 saturated heterocycles. The van der Waals surface area contributed by atoms with Gasteiger partial charge in [0.2, 0.25) is 0 Å². The quantitative estimate of drug-likeness (QED) is 0.417. The molecule has 17 heavy (non-hydrogen) atoms. The van der Waals surface area contributed by atoms with Crippen molar-refractivity contribution in [3.8, 4) is 0 Å². The van der Waals surface area contributed by atoms with E-state index in [1.54, 1.807) is 0 Å². The van der Waals surface area contributed by atoms with Gasteiger partial charge in [0.05, 0.1) is 0 Å². The average molecular weight is 357 g/mol. The molecule has 0 N–H and O–H groups in total. The van der Waals surface area contributed by atoms with E-state index in [4.69, 9.17) is 0 Å². The van der Waals surface area contributed by atoms with Crippen LogP contribution in [0, 0.1) is 0 Å². The Morgan fingerprint density at radius 1 is 0.353 bits per heavy atom. The molecule has 0 fully saturated rings. The Morgan fingerprint density at radius 3 is 0.353 bits per heavy atom. The normalized spacial score (nSPS) is 10.6. The molecule has 0 saturated carbocycles. The molecule has 0 aromatic rings. The molecule has 0 aliphatic rings. The van der Waals surface area contributed by atoms with Gasteiger partial charge in [-0.1, -0.05) is 7.43 Å². The Hall–Kier alpha value is -0.165. The largest absolute Gasteiger partial charge is 0.673 e. The zero-order valence-electron chi connectivity index (χ0n) is 6.68. The van der Waals surface area contributed by atoms with Gasteiger partial charge in [0.15, 0.2) is 0 Å². The summed E-state index contributed by atoms with van der Waals surface area (Å²) in [6, 6.07) is 0. The summed E-state index contributed by atoms with van der Waals surface area (Å²) >= 11 is 0. The summed E-state index contributed by atoms with van der Waals surface area (Å²) in [6.45, 7) is 0. The number of halogens is 13. The monoisotopic (exact) mass is 357 g/mol. The maximum atomic E-state index is 9.75. The lowest BCUT2D eigenvalue weighted by atomic mass is 10.3. The summed E-state index contributed by atoms with van der Waals surface area (Å²) in [5, 5.41) is 0. The summed E-state index contributed by atoms with van der Waals surface area (Å²) in [4.78, 5) is 0. The average Bonchev–Trinajstić information content (AvgIpc) is 1.41. The van der Waals surface area contributed by atoms with Crippen LogP contribution in [0.2, 0.25) is 0 Å². The Balaban J connectivity index is -0.0000000400. The van der Waals surface area contributed by atoms with E-state index in [1.807, 2.05) is 0 Å². The molecule has 0 heterocycles. The molecule has 0 spiro atoms. The highest BCUT2D eigenvalue weighted by Crippen LogP contribution is 2.07. The molecule has 16 heteroatoms. The fraction of sp³-hybridized carbons (Fsp3) is 1.00. The molecule has 0 nitrogen and oxygen atoms in total. The van der Waals surface area contributed by atoms with Crippen LogP contribution in [0.4, 0.5) is 51.8 Å². The van der Waals surface area contributed by atoms with E-state index < -0.39 is 21.8 Å². The van der Waals surface area contributed by atoms with Gasteiger partial charge in [-0.2, -0.15) is 0 Å². The van der Waals surface area contributed by atoms with Crippen LogP contribution in [0.5, 0.6) is 0 Å². The van der Waals surface area contributed by atoms with E-state index in [2.05, 4.69) is 0 Å². The van der Waals surface area contributed by atoms with Gasteiger partial charge in [-0.15, -0.1) is 17.0 Å². The number of hydrogen-bond donors (Lipinski definition) is 0. The van der Waals surface area contributed by atoms with Gasteiger partial charge < -0.3 is 51.8 Å². The molecule has 0 radical (unpaired) electrons. The first-order valence-electron chi connectivity index (χ1n) is 2.62. The van der Waals surface area contributed by atoms with Crippen molar-refractivity contribution in [2.75, 3.05) is 0 Å². The van der Waals surface area contributed by atoms with E-state index in [1.165, 1.54) is 0 Å². The van der Waals surface area contributed by atoms with Crippen LogP contribution < -0.4 is 0 Å². The zero-order valence-corrected chi connectivity index (χ0v) is 8.39. The predicted octanol–water partition coefficient (Wildman–Crippen LogP) is 5.11. The first-order valence-corrected chi connectivity index (χ1v) is 2.62. The summed E-state index contributed by atoms with van der Waals surface area (Å²) in [7, 11) is -18.0. The first-order chi connectivity index (χ1) is 6.00. The molecular weight excluding hydrogens is 352 g/mol. The van der Waals surface area contributed by atoms with Crippen LogP contribution in [-0.2, 0) is 0 Å². The van der Waals surface area contributed by atoms with E-state index in [9.17, 15) is 51.8 Å². The third kappa shape index (κ3) is 111000. The second-order valence-corrected chi connectivity index (χ2v) is 1.48. The van der Waals surface area contributed by atoms with Crippen LogP contribution in [0.1, 0.15) is 7.43 Å².